The lowest BCUT2D eigenvalue weighted by atomic mass is 9.84. The van der Waals surface area contributed by atoms with E-state index >= 15 is 0 Å². The zero-order valence-electron chi connectivity index (χ0n) is 10.2. The molecule has 1 saturated carbocycles. The molecule has 2 rings (SSSR count). The lowest BCUT2D eigenvalue weighted by Crippen LogP contribution is -2.29. The van der Waals surface area contributed by atoms with Crippen molar-refractivity contribution in [3.63, 3.8) is 0 Å². The molecule has 2 unspecified atom stereocenters. The number of aromatic nitrogens is 2. The van der Waals surface area contributed by atoms with Crippen molar-refractivity contribution in [1.82, 2.24) is 9.97 Å². The van der Waals surface area contributed by atoms with Crippen LogP contribution >= 0.6 is 0 Å². The van der Waals surface area contributed by atoms with Gasteiger partial charge >= 0.3 is 0 Å². The van der Waals surface area contributed by atoms with Crippen molar-refractivity contribution >= 4 is 11.5 Å². The highest BCUT2D eigenvalue weighted by Crippen LogP contribution is 2.28. The van der Waals surface area contributed by atoms with Crippen LogP contribution in [0.4, 0.5) is 11.5 Å². The maximum absolute atomic E-state index is 11.3. The fraction of sp³-hybridized carbons (Fsp3) is 0.667. The van der Waals surface area contributed by atoms with Crippen LogP contribution in [0.3, 0.4) is 0 Å². The number of anilines is 2. The predicted molar refractivity (Wildman–Crippen MR) is 68.9 cm³/mol. The molecule has 5 nitrogen and oxygen atoms in total. The first-order chi connectivity index (χ1) is 8.20. The lowest BCUT2D eigenvalue weighted by molar-refractivity contribution is 0.327. The topological polar surface area (TPSA) is 83.8 Å². The Morgan fingerprint density at radius 1 is 1.59 bits per heavy atom. The SMILES string of the molecule is CCC1CCCC(Nc2nc[nH]c(=O)c2N)C1. The molecule has 0 aliphatic heterocycles. The van der Waals surface area contributed by atoms with Gasteiger partial charge in [-0.3, -0.25) is 4.79 Å². The fourth-order valence-corrected chi connectivity index (χ4v) is 2.51. The van der Waals surface area contributed by atoms with Crippen LogP contribution in [0, 0.1) is 5.92 Å². The average Bonchev–Trinajstić information content (AvgIpc) is 2.35. The normalized spacial score (nSPS) is 24.5. The van der Waals surface area contributed by atoms with Crippen molar-refractivity contribution in [3.8, 4) is 0 Å². The van der Waals surface area contributed by atoms with Crippen LogP contribution in [0.1, 0.15) is 39.0 Å². The van der Waals surface area contributed by atoms with Gasteiger partial charge in [-0.1, -0.05) is 26.2 Å². The molecule has 17 heavy (non-hydrogen) atoms. The Morgan fingerprint density at radius 2 is 2.41 bits per heavy atom. The highest BCUT2D eigenvalue weighted by Gasteiger charge is 2.21. The molecule has 1 aromatic heterocycles. The van der Waals surface area contributed by atoms with Gasteiger partial charge in [0.05, 0.1) is 6.33 Å². The molecule has 0 amide bonds. The van der Waals surface area contributed by atoms with E-state index in [1.54, 1.807) is 0 Å². The van der Waals surface area contributed by atoms with Gasteiger partial charge in [-0.05, 0) is 18.8 Å². The summed E-state index contributed by atoms with van der Waals surface area (Å²) >= 11 is 0. The largest absolute Gasteiger partial charge is 0.391 e. The van der Waals surface area contributed by atoms with E-state index in [-0.39, 0.29) is 11.2 Å². The summed E-state index contributed by atoms with van der Waals surface area (Å²) in [5, 5.41) is 3.30. The zero-order chi connectivity index (χ0) is 12.3. The van der Waals surface area contributed by atoms with Crippen LogP contribution in [-0.4, -0.2) is 16.0 Å². The van der Waals surface area contributed by atoms with E-state index < -0.39 is 0 Å². The van der Waals surface area contributed by atoms with Gasteiger partial charge in [0.15, 0.2) is 5.82 Å². The third kappa shape index (κ3) is 2.78. The summed E-state index contributed by atoms with van der Waals surface area (Å²) in [6, 6.07) is 0.394. The van der Waals surface area contributed by atoms with Crippen molar-refractivity contribution in [1.29, 1.82) is 0 Å². The number of hydrogen-bond donors (Lipinski definition) is 3. The van der Waals surface area contributed by atoms with E-state index in [2.05, 4.69) is 22.2 Å². The summed E-state index contributed by atoms with van der Waals surface area (Å²) in [6.07, 6.45) is 7.43. The first-order valence-corrected chi connectivity index (χ1v) is 6.30. The van der Waals surface area contributed by atoms with E-state index in [0.29, 0.717) is 11.9 Å². The van der Waals surface area contributed by atoms with Crippen molar-refractivity contribution in [2.45, 2.75) is 45.1 Å². The van der Waals surface area contributed by atoms with E-state index in [4.69, 9.17) is 5.73 Å². The van der Waals surface area contributed by atoms with Gasteiger partial charge < -0.3 is 16.0 Å². The zero-order valence-corrected chi connectivity index (χ0v) is 10.2. The van der Waals surface area contributed by atoms with Crippen molar-refractivity contribution in [3.05, 3.63) is 16.7 Å². The van der Waals surface area contributed by atoms with Crippen LogP contribution in [0.2, 0.25) is 0 Å². The van der Waals surface area contributed by atoms with E-state index in [1.165, 1.54) is 25.6 Å². The molecule has 0 bridgehead atoms. The van der Waals surface area contributed by atoms with Crippen molar-refractivity contribution in [2.24, 2.45) is 5.92 Å². The maximum atomic E-state index is 11.3. The predicted octanol–water partition coefficient (Wildman–Crippen LogP) is 1.73. The quantitative estimate of drug-likeness (QED) is 0.746. The number of nitrogen functional groups attached to an aromatic ring is 1. The maximum Gasteiger partial charge on any atom is 0.276 e. The molecule has 1 fully saturated rings. The molecular formula is C12H20N4O. The number of nitrogens with zero attached hydrogens (tertiary/aromatic N) is 1. The van der Waals surface area contributed by atoms with E-state index in [1.807, 2.05) is 0 Å². The van der Waals surface area contributed by atoms with Crippen molar-refractivity contribution in [2.75, 3.05) is 11.1 Å². The Morgan fingerprint density at radius 3 is 3.18 bits per heavy atom. The molecule has 1 aliphatic rings. The fourth-order valence-electron chi connectivity index (χ4n) is 2.51. The number of nitrogens with two attached hydrogens (primary N) is 1. The molecule has 2 atom stereocenters. The summed E-state index contributed by atoms with van der Waals surface area (Å²) in [5.74, 6) is 1.31. The van der Waals surface area contributed by atoms with Crippen LogP contribution in [-0.2, 0) is 0 Å². The third-order valence-electron chi connectivity index (χ3n) is 3.59. The number of nitrogens with one attached hydrogen (secondary N) is 2. The molecule has 0 spiro atoms. The van der Waals surface area contributed by atoms with Gasteiger partial charge in [-0.25, -0.2) is 4.98 Å². The molecule has 0 saturated heterocycles. The minimum absolute atomic E-state index is 0.186. The van der Waals surface area contributed by atoms with Gasteiger partial charge in [-0.2, -0.15) is 0 Å². The van der Waals surface area contributed by atoms with Gasteiger partial charge in [0.1, 0.15) is 5.69 Å². The summed E-state index contributed by atoms with van der Waals surface area (Å²) in [7, 11) is 0. The molecule has 4 N–H and O–H groups in total. The second kappa shape index (κ2) is 5.21. The van der Waals surface area contributed by atoms with Crippen LogP contribution in [0.25, 0.3) is 0 Å². The third-order valence-corrected chi connectivity index (χ3v) is 3.59. The number of hydrogen-bond acceptors (Lipinski definition) is 4. The molecule has 0 aromatic carbocycles. The minimum atomic E-state index is -0.273. The van der Waals surface area contributed by atoms with Crippen LogP contribution < -0.4 is 16.6 Å². The summed E-state index contributed by atoms with van der Waals surface area (Å²) < 4.78 is 0. The van der Waals surface area contributed by atoms with Gasteiger partial charge in [0.25, 0.3) is 5.56 Å². The van der Waals surface area contributed by atoms with Gasteiger partial charge in [0, 0.05) is 6.04 Å². The summed E-state index contributed by atoms with van der Waals surface area (Å²) in [4.78, 5) is 17.9. The van der Waals surface area contributed by atoms with Crippen LogP contribution in [0.15, 0.2) is 11.1 Å². The second-order valence-corrected chi connectivity index (χ2v) is 4.78. The highest BCUT2D eigenvalue weighted by atomic mass is 16.1. The highest BCUT2D eigenvalue weighted by molar-refractivity contribution is 5.59. The second-order valence-electron chi connectivity index (χ2n) is 4.78. The monoisotopic (exact) mass is 236 g/mol. The Labute approximate surface area is 101 Å². The van der Waals surface area contributed by atoms with Crippen molar-refractivity contribution < 1.29 is 0 Å². The molecule has 1 aliphatic carbocycles. The number of H-pyrrole nitrogens is 1. The lowest BCUT2D eigenvalue weighted by Gasteiger charge is -2.29. The molecular weight excluding hydrogens is 216 g/mol. The molecule has 94 valence electrons. The molecule has 1 heterocycles. The number of rotatable bonds is 3. The Balaban J connectivity index is 2.05. The summed E-state index contributed by atoms with van der Waals surface area (Å²) in [6.45, 7) is 2.23. The Hall–Kier alpha value is -1.52. The van der Waals surface area contributed by atoms with Gasteiger partial charge in [0.2, 0.25) is 0 Å². The standard InChI is InChI=1S/C12H20N4O/c1-2-8-4-3-5-9(6-8)16-11-10(13)12(17)15-7-14-11/h7-9H,2-6,13H2,1H3,(H2,14,15,16,17). The van der Waals surface area contributed by atoms with E-state index in [0.717, 1.165) is 18.8 Å². The molecule has 1 aromatic rings. The Bertz CT molecular complexity index is 429. The smallest absolute Gasteiger partial charge is 0.276 e. The first kappa shape index (κ1) is 12.0. The first-order valence-electron chi connectivity index (χ1n) is 6.30. The van der Waals surface area contributed by atoms with E-state index in [9.17, 15) is 4.79 Å². The van der Waals surface area contributed by atoms with Crippen LogP contribution in [0.5, 0.6) is 0 Å². The average molecular weight is 236 g/mol. The summed E-state index contributed by atoms with van der Waals surface area (Å²) in [5.41, 5.74) is 5.61. The van der Waals surface area contributed by atoms with Gasteiger partial charge in [-0.15, -0.1) is 0 Å². The minimum Gasteiger partial charge on any atom is -0.391 e. The molecule has 5 heteroatoms. The molecule has 0 radical (unpaired) electrons. The number of aromatic amines is 1. The Kier molecular flexibility index (Phi) is 3.66.